The van der Waals surface area contributed by atoms with Crippen LogP contribution in [0.15, 0.2) is 66.7 Å². The smallest absolute Gasteiger partial charge is 0.145 e. The fourth-order valence-corrected chi connectivity index (χ4v) is 2.57. The van der Waals surface area contributed by atoms with Crippen LogP contribution in [0.25, 0.3) is 0 Å². The highest BCUT2D eigenvalue weighted by Gasteiger charge is 2.29. The zero-order valence-electron chi connectivity index (χ0n) is 13.0. The maximum Gasteiger partial charge on any atom is 0.145 e. The summed E-state index contributed by atoms with van der Waals surface area (Å²) < 4.78 is 17.1. The summed E-state index contributed by atoms with van der Waals surface area (Å²) in [6.07, 6.45) is 2.98. The van der Waals surface area contributed by atoms with Gasteiger partial charge in [-0.3, -0.25) is 0 Å². The van der Waals surface area contributed by atoms with Gasteiger partial charge in [0.15, 0.2) is 0 Å². The molecule has 1 N–H and O–H groups in total. The van der Waals surface area contributed by atoms with Gasteiger partial charge in [0, 0.05) is 6.07 Å². The molecule has 0 saturated carbocycles. The lowest BCUT2D eigenvalue weighted by Crippen LogP contribution is -2.39. The van der Waals surface area contributed by atoms with Crippen LogP contribution in [0.3, 0.4) is 0 Å². The summed E-state index contributed by atoms with van der Waals surface area (Å²) >= 11 is 0. The molecule has 2 aromatic rings. The van der Waals surface area contributed by atoms with Gasteiger partial charge in [-0.15, -0.1) is 0 Å². The third kappa shape index (κ3) is 3.73. The molecule has 3 rings (SSSR count). The van der Waals surface area contributed by atoms with Crippen LogP contribution >= 0.6 is 0 Å². The Morgan fingerprint density at radius 1 is 1.00 bits per heavy atom. The number of hydrogen-bond acceptors (Lipinski definition) is 4. The second-order valence-corrected chi connectivity index (χ2v) is 5.33. The van der Waals surface area contributed by atoms with Crippen molar-refractivity contribution >= 4 is 0 Å². The van der Waals surface area contributed by atoms with Gasteiger partial charge < -0.3 is 19.3 Å². The predicted octanol–water partition coefficient (Wildman–Crippen LogP) is 3.13. The number of hydrogen-bond donors (Lipinski definition) is 1. The van der Waals surface area contributed by atoms with E-state index in [-0.39, 0.29) is 18.8 Å². The van der Waals surface area contributed by atoms with E-state index in [9.17, 15) is 5.11 Å². The first-order chi connectivity index (χ1) is 11.3. The highest BCUT2D eigenvalue weighted by atomic mass is 16.6. The molecule has 3 atom stereocenters. The van der Waals surface area contributed by atoms with E-state index in [1.54, 1.807) is 7.11 Å². The third-order valence-electron chi connectivity index (χ3n) is 3.78. The SMILES string of the molecule is COc1cccc(O[C@H]2C=C[C@@H](c3ccccc3)O[C@H]2CO)c1. The van der Waals surface area contributed by atoms with Gasteiger partial charge in [0.2, 0.25) is 0 Å². The molecule has 4 nitrogen and oxygen atoms in total. The molecule has 23 heavy (non-hydrogen) atoms. The molecular weight excluding hydrogens is 292 g/mol. The first-order valence-corrected chi connectivity index (χ1v) is 7.60. The predicted molar refractivity (Wildman–Crippen MR) is 87.7 cm³/mol. The number of methoxy groups -OCH3 is 1. The molecule has 2 aromatic carbocycles. The van der Waals surface area contributed by atoms with Crippen molar-refractivity contribution in [3.8, 4) is 11.5 Å². The van der Waals surface area contributed by atoms with Gasteiger partial charge in [-0.1, -0.05) is 42.5 Å². The van der Waals surface area contributed by atoms with Gasteiger partial charge in [-0.2, -0.15) is 0 Å². The Labute approximate surface area is 135 Å². The summed E-state index contributed by atoms with van der Waals surface area (Å²) in [6.45, 7) is -0.109. The minimum absolute atomic E-state index is 0.109. The van der Waals surface area contributed by atoms with E-state index in [0.717, 1.165) is 11.3 Å². The lowest BCUT2D eigenvalue weighted by molar-refractivity contribution is -0.0731. The van der Waals surface area contributed by atoms with Crippen molar-refractivity contribution in [3.63, 3.8) is 0 Å². The van der Waals surface area contributed by atoms with E-state index in [4.69, 9.17) is 14.2 Å². The van der Waals surface area contributed by atoms with Crippen molar-refractivity contribution < 1.29 is 19.3 Å². The molecule has 1 aliphatic heterocycles. The van der Waals surface area contributed by atoms with E-state index in [2.05, 4.69) is 0 Å². The Morgan fingerprint density at radius 2 is 1.78 bits per heavy atom. The summed E-state index contributed by atoms with van der Waals surface area (Å²) in [5.41, 5.74) is 1.06. The summed E-state index contributed by atoms with van der Waals surface area (Å²) in [7, 11) is 1.61. The molecule has 0 radical (unpaired) electrons. The number of ether oxygens (including phenoxy) is 3. The second kappa shape index (κ2) is 7.31. The average Bonchev–Trinajstić information content (AvgIpc) is 2.63. The summed E-state index contributed by atoms with van der Waals surface area (Å²) in [6, 6.07) is 17.3. The fourth-order valence-electron chi connectivity index (χ4n) is 2.57. The molecule has 0 amide bonds. The standard InChI is InChI=1S/C19H20O4/c1-21-15-8-5-9-16(12-15)22-18-11-10-17(23-19(18)13-20)14-6-3-2-4-7-14/h2-12,17-20H,13H2,1H3/t17-,18-,19-/m0/s1. The van der Waals surface area contributed by atoms with Gasteiger partial charge in [-0.05, 0) is 23.8 Å². The third-order valence-corrected chi connectivity index (χ3v) is 3.78. The minimum atomic E-state index is -0.420. The zero-order chi connectivity index (χ0) is 16.1. The molecule has 0 aromatic heterocycles. The van der Waals surface area contributed by atoms with E-state index in [1.165, 1.54) is 0 Å². The largest absolute Gasteiger partial charge is 0.497 e. The van der Waals surface area contributed by atoms with E-state index in [0.29, 0.717) is 5.75 Å². The maximum absolute atomic E-state index is 9.64. The lowest BCUT2D eigenvalue weighted by atomic mass is 10.0. The molecule has 4 heteroatoms. The van der Waals surface area contributed by atoms with Crippen LogP contribution in [0.1, 0.15) is 11.7 Å². The van der Waals surface area contributed by atoms with Gasteiger partial charge >= 0.3 is 0 Å². The molecule has 120 valence electrons. The Hall–Kier alpha value is -2.30. The normalized spacial score (nSPS) is 23.5. The van der Waals surface area contributed by atoms with Crippen LogP contribution < -0.4 is 9.47 Å². The van der Waals surface area contributed by atoms with Crippen LogP contribution in [-0.2, 0) is 4.74 Å². The average molecular weight is 312 g/mol. The molecule has 0 fully saturated rings. The van der Waals surface area contributed by atoms with Gasteiger partial charge in [0.05, 0.1) is 13.7 Å². The molecule has 0 saturated heterocycles. The van der Waals surface area contributed by atoms with Crippen molar-refractivity contribution in [2.75, 3.05) is 13.7 Å². The number of benzene rings is 2. The molecule has 0 aliphatic carbocycles. The second-order valence-electron chi connectivity index (χ2n) is 5.33. The monoisotopic (exact) mass is 312 g/mol. The Morgan fingerprint density at radius 3 is 2.52 bits per heavy atom. The van der Waals surface area contributed by atoms with E-state index in [1.807, 2.05) is 66.7 Å². The minimum Gasteiger partial charge on any atom is -0.497 e. The summed E-state index contributed by atoms with van der Waals surface area (Å²) in [5, 5.41) is 9.64. The molecule has 0 unspecified atom stereocenters. The van der Waals surface area contributed by atoms with Crippen LogP contribution in [-0.4, -0.2) is 31.0 Å². The quantitative estimate of drug-likeness (QED) is 0.862. The van der Waals surface area contributed by atoms with Crippen LogP contribution in [0.2, 0.25) is 0 Å². The molecular formula is C19H20O4. The zero-order valence-corrected chi connectivity index (χ0v) is 13.0. The Balaban J connectivity index is 1.75. The molecule has 0 bridgehead atoms. The molecule has 1 aliphatic rings. The number of aliphatic hydroxyl groups excluding tert-OH is 1. The Kier molecular flexibility index (Phi) is 4.95. The summed E-state index contributed by atoms with van der Waals surface area (Å²) in [4.78, 5) is 0. The van der Waals surface area contributed by atoms with E-state index < -0.39 is 6.10 Å². The van der Waals surface area contributed by atoms with E-state index >= 15 is 0 Å². The van der Waals surface area contributed by atoms with Crippen LogP contribution in [0.4, 0.5) is 0 Å². The topological polar surface area (TPSA) is 47.9 Å². The van der Waals surface area contributed by atoms with Crippen molar-refractivity contribution in [2.24, 2.45) is 0 Å². The van der Waals surface area contributed by atoms with Gasteiger partial charge in [-0.25, -0.2) is 0 Å². The molecule has 0 spiro atoms. The lowest BCUT2D eigenvalue weighted by Gasteiger charge is -2.31. The molecule has 1 heterocycles. The maximum atomic E-state index is 9.64. The van der Waals surface area contributed by atoms with Crippen molar-refractivity contribution in [3.05, 3.63) is 72.3 Å². The fraction of sp³-hybridized carbons (Fsp3) is 0.263. The first kappa shape index (κ1) is 15.6. The number of aliphatic hydroxyl groups is 1. The number of rotatable bonds is 5. The first-order valence-electron chi connectivity index (χ1n) is 7.60. The van der Waals surface area contributed by atoms with Crippen molar-refractivity contribution in [2.45, 2.75) is 18.3 Å². The van der Waals surface area contributed by atoms with Crippen LogP contribution in [0.5, 0.6) is 11.5 Å². The highest BCUT2D eigenvalue weighted by molar-refractivity contribution is 5.33. The summed E-state index contributed by atoms with van der Waals surface area (Å²) in [5.74, 6) is 1.41. The van der Waals surface area contributed by atoms with Crippen molar-refractivity contribution in [1.29, 1.82) is 0 Å². The van der Waals surface area contributed by atoms with Crippen LogP contribution in [0, 0.1) is 0 Å². The van der Waals surface area contributed by atoms with Crippen molar-refractivity contribution in [1.82, 2.24) is 0 Å². The highest BCUT2D eigenvalue weighted by Crippen LogP contribution is 2.29. The van der Waals surface area contributed by atoms with Gasteiger partial charge in [0.25, 0.3) is 0 Å². The Bertz CT molecular complexity index is 653. The van der Waals surface area contributed by atoms with Gasteiger partial charge in [0.1, 0.15) is 29.8 Å².